The number of nitriles is 1. The first-order valence-corrected chi connectivity index (χ1v) is 4.56. The Hall–Kier alpha value is -2.08. The molecule has 0 spiro atoms. The third-order valence-electron chi connectivity index (χ3n) is 1.97. The minimum atomic E-state index is -0.232. The normalized spacial score (nSPS) is 9.07. The van der Waals surface area contributed by atoms with Crippen LogP contribution in [0.4, 0.5) is 0 Å². The molecule has 0 aliphatic rings. The second-order valence-electron chi connectivity index (χ2n) is 3.20. The lowest BCUT2D eigenvalue weighted by Gasteiger charge is -2.03. The summed E-state index contributed by atoms with van der Waals surface area (Å²) in [5.74, 6) is -0.232. The first-order valence-electron chi connectivity index (χ1n) is 4.56. The van der Waals surface area contributed by atoms with Crippen LogP contribution < -0.4 is 5.32 Å². The molecular weight excluding hydrogens is 188 g/mol. The van der Waals surface area contributed by atoms with E-state index in [2.05, 4.69) is 11.9 Å². The Kier molecular flexibility index (Phi) is 3.64. The monoisotopic (exact) mass is 200 g/mol. The topological polar surface area (TPSA) is 52.9 Å². The van der Waals surface area contributed by atoms with E-state index in [0.29, 0.717) is 5.56 Å². The maximum Gasteiger partial charge on any atom is 0.252 e. The Morgan fingerprint density at radius 1 is 1.40 bits per heavy atom. The average Bonchev–Trinajstić information content (AvgIpc) is 2.26. The Morgan fingerprint density at radius 3 is 2.40 bits per heavy atom. The molecule has 76 valence electrons. The number of hydrogen-bond donors (Lipinski definition) is 1. The number of hydrogen-bond acceptors (Lipinski definition) is 2. The van der Waals surface area contributed by atoms with Crippen LogP contribution in [-0.2, 0) is 0 Å². The van der Waals surface area contributed by atoms with Gasteiger partial charge in [-0.05, 0) is 24.6 Å². The summed E-state index contributed by atoms with van der Waals surface area (Å²) < 4.78 is 0. The van der Waals surface area contributed by atoms with Crippen molar-refractivity contribution in [3.05, 3.63) is 42.0 Å². The van der Waals surface area contributed by atoms with E-state index in [1.165, 1.54) is 0 Å². The molecule has 0 atom stereocenters. The van der Waals surface area contributed by atoms with E-state index in [0.717, 1.165) is 11.1 Å². The largest absolute Gasteiger partial charge is 0.339 e. The Bertz CT molecular complexity index is 412. The fourth-order valence-corrected chi connectivity index (χ4v) is 1.13. The van der Waals surface area contributed by atoms with Gasteiger partial charge in [0.15, 0.2) is 0 Å². The van der Waals surface area contributed by atoms with Crippen LogP contribution in [0.2, 0.25) is 0 Å². The van der Waals surface area contributed by atoms with Crippen LogP contribution in [0.25, 0.3) is 5.57 Å². The molecular formula is C12H12N2O. The van der Waals surface area contributed by atoms with Gasteiger partial charge in [-0.3, -0.25) is 4.79 Å². The van der Waals surface area contributed by atoms with Crippen molar-refractivity contribution in [2.45, 2.75) is 6.92 Å². The molecule has 0 radical (unpaired) electrons. The lowest BCUT2D eigenvalue weighted by atomic mass is 10.1. The minimum Gasteiger partial charge on any atom is -0.339 e. The zero-order valence-electron chi connectivity index (χ0n) is 8.58. The molecule has 3 heteroatoms. The zero-order valence-corrected chi connectivity index (χ0v) is 8.58. The van der Waals surface area contributed by atoms with Crippen molar-refractivity contribution in [2.75, 3.05) is 6.54 Å². The maximum atomic E-state index is 11.4. The molecule has 15 heavy (non-hydrogen) atoms. The summed E-state index contributed by atoms with van der Waals surface area (Å²) in [6.07, 6.45) is 0. The molecule has 0 aromatic heterocycles. The second kappa shape index (κ2) is 4.97. The molecule has 0 saturated carbocycles. The van der Waals surface area contributed by atoms with E-state index in [1.54, 1.807) is 12.1 Å². The first kappa shape index (κ1) is 11.0. The number of carbonyl (C=O) groups is 1. The molecule has 1 N–H and O–H groups in total. The highest BCUT2D eigenvalue weighted by molar-refractivity contribution is 5.94. The fourth-order valence-electron chi connectivity index (χ4n) is 1.13. The number of nitrogens with one attached hydrogen (secondary N) is 1. The summed E-state index contributed by atoms with van der Waals surface area (Å²) in [5, 5.41) is 10.8. The molecule has 1 aromatic carbocycles. The average molecular weight is 200 g/mol. The Balaban J connectivity index is 2.76. The van der Waals surface area contributed by atoms with Gasteiger partial charge in [-0.2, -0.15) is 5.26 Å². The van der Waals surface area contributed by atoms with E-state index in [4.69, 9.17) is 5.26 Å². The Morgan fingerprint density at radius 2 is 1.93 bits per heavy atom. The van der Waals surface area contributed by atoms with E-state index < -0.39 is 0 Å². The number of nitrogens with zero attached hydrogens (tertiary/aromatic N) is 1. The standard InChI is InChI=1S/C12H12N2O/c1-9(2)10-3-5-11(6-4-10)12(15)14-8-7-13/h3-6H,1,8H2,2H3,(H,14,15). The second-order valence-corrected chi connectivity index (χ2v) is 3.20. The van der Waals surface area contributed by atoms with Gasteiger partial charge >= 0.3 is 0 Å². The van der Waals surface area contributed by atoms with Gasteiger partial charge in [0.2, 0.25) is 0 Å². The number of carbonyl (C=O) groups excluding carboxylic acids is 1. The number of amides is 1. The summed E-state index contributed by atoms with van der Waals surface area (Å²) in [6.45, 7) is 5.74. The molecule has 1 amide bonds. The van der Waals surface area contributed by atoms with Crippen LogP contribution in [-0.4, -0.2) is 12.5 Å². The van der Waals surface area contributed by atoms with Gasteiger partial charge < -0.3 is 5.32 Å². The smallest absolute Gasteiger partial charge is 0.252 e. The molecule has 0 aliphatic heterocycles. The molecule has 1 rings (SSSR count). The van der Waals surface area contributed by atoms with Gasteiger partial charge in [-0.25, -0.2) is 0 Å². The molecule has 0 saturated heterocycles. The quantitative estimate of drug-likeness (QED) is 0.758. The predicted octanol–water partition coefficient (Wildman–Crippen LogP) is 1.97. The van der Waals surface area contributed by atoms with Crippen LogP contribution in [0.5, 0.6) is 0 Å². The number of benzene rings is 1. The SMILES string of the molecule is C=C(C)c1ccc(C(=O)NCC#N)cc1. The van der Waals surface area contributed by atoms with Gasteiger partial charge in [0.05, 0.1) is 6.07 Å². The van der Waals surface area contributed by atoms with Crippen LogP contribution in [0.15, 0.2) is 30.8 Å². The summed E-state index contributed by atoms with van der Waals surface area (Å²) >= 11 is 0. The maximum absolute atomic E-state index is 11.4. The van der Waals surface area contributed by atoms with Crippen molar-refractivity contribution in [3.63, 3.8) is 0 Å². The molecule has 3 nitrogen and oxygen atoms in total. The van der Waals surface area contributed by atoms with Crippen molar-refractivity contribution in [2.24, 2.45) is 0 Å². The van der Waals surface area contributed by atoms with Gasteiger partial charge in [0, 0.05) is 5.56 Å². The van der Waals surface area contributed by atoms with Crippen LogP contribution in [0.3, 0.4) is 0 Å². The van der Waals surface area contributed by atoms with Crippen molar-refractivity contribution >= 4 is 11.5 Å². The zero-order chi connectivity index (χ0) is 11.3. The highest BCUT2D eigenvalue weighted by atomic mass is 16.1. The third-order valence-corrected chi connectivity index (χ3v) is 1.97. The highest BCUT2D eigenvalue weighted by Gasteiger charge is 2.03. The van der Waals surface area contributed by atoms with Crippen LogP contribution in [0, 0.1) is 11.3 Å². The van der Waals surface area contributed by atoms with Crippen molar-refractivity contribution in [3.8, 4) is 6.07 Å². The third kappa shape index (κ3) is 2.96. The summed E-state index contributed by atoms with van der Waals surface area (Å²) in [4.78, 5) is 11.4. The van der Waals surface area contributed by atoms with Crippen LogP contribution >= 0.6 is 0 Å². The fraction of sp³-hybridized carbons (Fsp3) is 0.167. The summed E-state index contributed by atoms with van der Waals surface area (Å²) in [6, 6.07) is 8.96. The van der Waals surface area contributed by atoms with Crippen molar-refractivity contribution in [1.29, 1.82) is 5.26 Å². The van der Waals surface area contributed by atoms with Gasteiger partial charge in [-0.15, -0.1) is 0 Å². The molecule has 0 unspecified atom stereocenters. The molecule has 0 fully saturated rings. The van der Waals surface area contributed by atoms with Gasteiger partial charge in [-0.1, -0.05) is 24.3 Å². The summed E-state index contributed by atoms with van der Waals surface area (Å²) in [7, 11) is 0. The van der Waals surface area contributed by atoms with Crippen LogP contribution in [0.1, 0.15) is 22.8 Å². The predicted molar refractivity (Wildman–Crippen MR) is 59.1 cm³/mol. The Labute approximate surface area is 89.0 Å². The van der Waals surface area contributed by atoms with E-state index in [1.807, 2.05) is 25.1 Å². The molecule has 1 aromatic rings. The first-order chi connectivity index (χ1) is 7.15. The highest BCUT2D eigenvalue weighted by Crippen LogP contribution is 2.12. The van der Waals surface area contributed by atoms with Gasteiger partial charge in [0.25, 0.3) is 5.91 Å². The lowest BCUT2D eigenvalue weighted by Crippen LogP contribution is -2.23. The van der Waals surface area contributed by atoms with Gasteiger partial charge in [0.1, 0.15) is 6.54 Å². The van der Waals surface area contributed by atoms with Crippen molar-refractivity contribution in [1.82, 2.24) is 5.32 Å². The number of allylic oxidation sites excluding steroid dienone is 1. The summed E-state index contributed by atoms with van der Waals surface area (Å²) in [5.41, 5.74) is 2.51. The van der Waals surface area contributed by atoms with E-state index >= 15 is 0 Å². The molecule has 0 heterocycles. The minimum absolute atomic E-state index is 0.0288. The molecule has 0 aliphatic carbocycles. The van der Waals surface area contributed by atoms with E-state index in [9.17, 15) is 4.79 Å². The molecule has 0 bridgehead atoms. The van der Waals surface area contributed by atoms with E-state index in [-0.39, 0.29) is 12.5 Å². The van der Waals surface area contributed by atoms with Crippen molar-refractivity contribution < 1.29 is 4.79 Å². The number of rotatable bonds is 3. The lowest BCUT2D eigenvalue weighted by molar-refractivity contribution is 0.0958.